The van der Waals surface area contributed by atoms with Gasteiger partial charge in [-0.1, -0.05) is 12.1 Å². The maximum Gasteiger partial charge on any atom is 0.241 e. The first-order valence-electron chi connectivity index (χ1n) is 8.20. The molecule has 0 aliphatic heterocycles. The molecule has 1 N–H and O–H groups in total. The molecular weight excluding hydrogens is 330 g/mol. The highest BCUT2D eigenvalue weighted by Gasteiger charge is 2.19. The van der Waals surface area contributed by atoms with Crippen LogP contribution in [-0.2, 0) is 11.3 Å². The highest BCUT2D eigenvalue weighted by molar-refractivity contribution is 5.94. The van der Waals surface area contributed by atoms with Gasteiger partial charge in [0.2, 0.25) is 5.91 Å². The number of carbonyl (C=O) groups is 1. The minimum Gasteiger partial charge on any atom is -0.493 e. The molecule has 0 saturated heterocycles. The minimum atomic E-state index is -0.353. The third-order valence-corrected chi connectivity index (χ3v) is 4.18. The van der Waals surface area contributed by atoms with Crippen molar-refractivity contribution < 1.29 is 14.3 Å². The molecule has 0 fully saturated rings. The second-order valence-electron chi connectivity index (χ2n) is 5.96. The van der Waals surface area contributed by atoms with E-state index in [2.05, 4.69) is 11.4 Å². The number of likely N-dealkylation sites (N-methyl/N-ethyl adjacent to an activating group) is 1. The third kappa shape index (κ3) is 4.74. The number of rotatable bonds is 7. The summed E-state index contributed by atoms with van der Waals surface area (Å²) in [7, 11) is 4.99. The lowest BCUT2D eigenvalue weighted by atomic mass is 10.1. The number of hydrogen-bond donors (Lipinski definition) is 1. The number of nitrogens with one attached hydrogen (secondary N) is 1. The zero-order chi connectivity index (χ0) is 19.1. The normalized spacial score (nSPS) is 11.5. The molecule has 6 nitrogen and oxygen atoms in total. The zero-order valence-electron chi connectivity index (χ0n) is 15.4. The fraction of sp³-hybridized carbons (Fsp3) is 0.300. The van der Waals surface area contributed by atoms with E-state index in [9.17, 15) is 4.79 Å². The lowest BCUT2D eigenvalue weighted by molar-refractivity contribution is -0.120. The van der Waals surface area contributed by atoms with Crippen molar-refractivity contribution in [1.82, 2.24) is 4.90 Å². The summed E-state index contributed by atoms with van der Waals surface area (Å²) < 4.78 is 10.5. The number of amides is 1. The van der Waals surface area contributed by atoms with Crippen molar-refractivity contribution in [2.75, 3.05) is 26.6 Å². The van der Waals surface area contributed by atoms with Gasteiger partial charge in [0.05, 0.1) is 31.9 Å². The van der Waals surface area contributed by atoms with Crippen LogP contribution in [0.25, 0.3) is 0 Å². The molecule has 1 amide bonds. The van der Waals surface area contributed by atoms with Gasteiger partial charge in [0.25, 0.3) is 0 Å². The maximum atomic E-state index is 12.5. The second-order valence-corrected chi connectivity index (χ2v) is 5.96. The molecule has 2 rings (SSSR count). The Hall–Kier alpha value is -3.04. The molecule has 136 valence electrons. The number of methoxy groups -OCH3 is 2. The molecule has 1 atom stereocenters. The summed E-state index contributed by atoms with van der Waals surface area (Å²) in [4.78, 5) is 14.5. The van der Waals surface area contributed by atoms with Crippen LogP contribution in [0.15, 0.2) is 42.5 Å². The lowest BCUT2D eigenvalue weighted by Crippen LogP contribution is -2.39. The van der Waals surface area contributed by atoms with Gasteiger partial charge in [-0.05, 0) is 43.8 Å². The largest absolute Gasteiger partial charge is 0.493 e. The van der Waals surface area contributed by atoms with Gasteiger partial charge in [0.15, 0.2) is 11.5 Å². The van der Waals surface area contributed by atoms with E-state index < -0.39 is 0 Å². The van der Waals surface area contributed by atoms with E-state index >= 15 is 0 Å². The average Bonchev–Trinajstić information content (AvgIpc) is 2.67. The van der Waals surface area contributed by atoms with Crippen molar-refractivity contribution >= 4 is 11.6 Å². The Bertz CT molecular complexity index is 814. The minimum absolute atomic E-state index is 0.129. The van der Waals surface area contributed by atoms with Crippen molar-refractivity contribution in [2.24, 2.45) is 0 Å². The standard InChI is InChI=1S/C20H23N3O3/c1-14(23(2)13-16-7-5-6-15(10-16)12-21)20(24)22-17-8-9-18(25-3)19(11-17)26-4/h5-11,14H,13H2,1-4H3,(H,22,24). The van der Waals surface area contributed by atoms with Crippen LogP contribution in [0.2, 0.25) is 0 Å². The second kappa shape index (κ2) is 8.88. The Kier molecular flexibility index (Phi) is 6.59. The van der Waals surface area contributed by atoms with Gasteiger partial charge in [-0.3, -0.25) is 9.69 Å². The van der Waals surface area contributed by atoms with Crippen LogP contribution < -0.4 is 14.8 Å². The third-order valence-electron chi connectivity index (χ3n) is 4.18. The highest BCUT2D eigenvalue weighted by Crippen LogP contribution is 2.29. The number of carbonyl (C=O) groups excluding carboxylic acids is 1. The van der Waals surface area contributed by atoms with E-state index in [1.807, 2.05) is 37.1 Å². The van der Waals surface area contributed by atoms with Crippen LogP contribution in [0.3, 0.4) is 0 Å². The topological polar surface area (TPSA) is 74.6 Å². The summed E-state index contributed by atoms with van der Waals surface area (Å²) in [5, 5.41) is 11.9. The van der Waals surface area contributed by atoms with Gasteiger partial charge in [-0.25, -0.2) is 0 Å². The predicted molar refractivity (Wildman–Crippen MR) is 100 cm³/mol. The number of benzene rings is 2. The SMILES string of the molecule is COc1ccc(NC(=O)C(C)N(C)Cc2cccc(C#N)c2)cc1OC. The van der Waals surface area contributed by atoms with Gasteiger partial charge in [0, 0.05) is 18.3 Å². The molecule has 0 aliphatic carbocycles. The Balaban J connectivity index is 2.03. The quantitative estimate of drug-likeness (QED) is 0.828. The number of anilines is 1. The van der Waals surface area contributed by atoms with Crippen LogP contribution >= 0.6 is 0 Å². The molecule has 0 spiro atoms. The van der Waals surface area contributed by atoms with E-state index in [4.69, 9.17) is 14.7 Å². The fourth-order valence-electron chi connectivity index (χ4n) is 2.52. The summed E-state index contributed by atoms with van der Waals surface area (Å²) >= 11 is 0. The Labute approximate surface area is 153 Å². The molecular formula is C20H23N3O3. The number of nitrogens with zero attached hydrogens (tertiary/aromatic N) is 2. The van der Waals surface area contributed by atoms with Gasteiger partial charge >= 0.3 is 0 Å². The molecule has 0 heterocycles. The molecule has 1 unspecified atom stereocenters. The van der Waals surface area contributed by atoms with Crippen LogP contribution in [0.5, 0.6) is 11.5 Å². The van der Waals surface area contributed by atoms with Gasteiger partial charge in [0.1, 0.15) is 0 Å². The van der Waals surface area contributed by atoms with Crippen molar-refractivity contribution in [2.45, 2.75) is 19.5 Å². The maximum absolute atomic E-state index is 12.5. The molecule has 26 heavy (non-hydrogen) atoms. The number of nitriles is 1. The van der Waals surface area contributed by atoms with Crippen molar-refractivity contribution in [3.63, 3.8) is 0 Å². The monoisotopic (exact) mass is 353 g/mol. The lowest BCUT2D eigenvalue weighted by Gasteiger charge is -2.24. The smallest absolute Gasteiger partial charge is 0.241 e. The van der Waals surface area contributed by atoms with Crippen LogP contribution in [-0.4, -0.2) is 38.1 Å². The summed E-state index contributed by atoms with van der Waals surface area (Å²) in [6.45, 7) is 2.40. The Morgan fingerprint density at radius 2 is 1.92 bits per heavy atom. The van der Waals surface area contributed by atoms with E-state index in [0.717, 1.165) is 5.56 Å². The van der Waals surface area contributed by atoms with E-state index in [0.29, 0.717) is 29.3 Å². The summed E-state index contributed by atoms with van der Waals surface area (Å²) in [6, 6.07) is 14.4. The van der Waals surface area contributed by atoms with Gasteiger partial charge in [-0.2, -0.15) is 5.26 Å². The molecule has 0 aromatic heterocycles. The molecule has 0 bridgehead atoms. The first kappa shape index (κ1) is 19.3. The van der Waals surface area contributed by atoms with E-state index in [1.54, 1.807) is 38.5 Å². The van der Waals surface area contributed by atoms with Crippen LogP contribution in [0, 0.1) is 11.3 Å². The van der Waals surface area contributed by atoms with Crippen LogP contribution in [0.4, 0.5) is 5.69 Å². The molecule has 0 saturated carbocycles. The fourth-order valence-corrected chi connectivity index (χ4v) is 2.52. The highest BCUT2D eigenvalue weighted by atomic mass is 16.5. The van der Waals surface area contributed by atoms with Gasteiger partial charge < -0.3 is 14.8 Å². The van der Waals surface area contributed by atoms with Crippen LogP contribution in [0.1, 0.15) is 18.1 Å². The number of ether oxygens (including phenoxy) is 2. The summed E-state index contributed by atoms with van der Waals surface area (Å²) in [6.07, 6.45) is 0. The molecule has 2 aromatic rings. The first-order chi connectivity index (χ1) is 12.5. The first-order valence-corrected chi connectivity index (χ1v) is 8.20. The summed E-state index contributed by atoms with van der Waals surface area (Å²) in [5.74, 6) is 1.03. The zero-order valence-corrected chi connectivity index (χ0v) is 15.4. The Morgan fingerprint density at radius 3 is 2.58 bits per heavy atom. The van der Waals surface area contributed by atoms with Gasteiger partial charge in [-0.15, -0.1) is 0 Å². The summed E-state index contributed by atoms with van der Waals surface area (Å²) in [5.41, 5.74) is 2.23. The average molecular weight is 353 g/mol. The molecule has 0 aliphatic rings. The molecule has 6 heteroatoms. The molecule has 2 aromatic carbocycles. The van der Waals surface area contributed by atoms with E-state index in [1.165, 1.54) is 0 Å². The van der Waals surface area contributed by atoms with Crippen molar-refractivity contribution in [3.8, 4) is 17.6 Å². The Morgan fingerprint density at radius 1 is 1.19 bits per heavy atom. The van der Waals surface area contributed by atoms with E-state index in [-0.39, 0.29) is 11.9 Å². The predicted octanol–water partition coefficient (Wildman–Crippen LogP) is 3.03. The van der Waals surface area contributed by atoms with Crippen molar-refractivity contribution in [3.05, 3.63) is 53.6 Å². The molecule has 0 radical (unpaired) electrons. The van der Waals surface area contributed by atoms with Crippen molar-refractivity contribution in [1.29, 1.82) is 5.26 Å². The number of hydrogen-bond acceptors (Lipinski definition) is 5.